The van der Waals surface area contributed by atoms with E-state index >= 15 is 0 Å². The summed E-state index contributed by atoms with van der Waals surface area (Å²) in [6.07, 6.45) is 7.13. The van der Waals surface area contributed by atoms with Crippen molar-refractivity contribution in [2.75, 3.05) is 18.8 Å². The highest BCUT2D eigenvalue weighted by atomic mass is 32.2. The Morgan fingerprint density at radius 2 is 1.70 bits per heavy atom. The maximum atomic E-state index is 13.2. The van der Waals surface area contributed by atoms with Crippen LogP contribution in [0.4, 0.5) is 0 Å². The first kappa shape index (κ1) is 30.4. The van der Waals surface area contributed by atoms with E-state index in [1.54, 1.807) is 18.3 Å². The number of aryl methyl sites for hydroxylation is 1. The number of nitrogens with one attached hydrogen (secondary N) is 3. The summed E-state index contributed by atoms with van der Waals surface area (Å²) in [4.78, 5) is 29.7. The lowest BCUT2D eigenvalue weighted by molar-refractivity contribution is -0.122. The van der Waals surface area contributed by atoms with Gasteiger partial charge in [-0.15, -0.1) is 0 Å². The first-order valence-corrected chi connectivity index (χ1v) is 15.0. The Labute approximate surface area is 222 Å². The molecule has 0 aliphatic carbocycles. The number of hydrogen-bond donors (Lipinski definition) is 3. The number of pyridine rings is 1. The van der Waals surface area contributed by atoms with Gasteiger partial charge in [-0.25, -0.2) is 8.42 Å². The number of sulfone groups is 1. The van der Waals surface area contributed by atoms with Crippen molar-refractivity contribution < 1.29 is 18.0 Å². The van der Waals surface area contributed by atoms with Gasteiger partial charge in [0.1, 0.15) is 6.04 Å². The highest BCUT2D eigenvalue weighted by molar-refractivity contribution is 7.92. The molecular formula is C28H42N4O4S. The molecule has 2 rings (SSSR count). The summed E-state index contributed by atoms with van der Waals surface area (Å²) >= 11 is 0. The van der Waals surface area contributed by atoms with Gasteiger partial charge in [-0.1, -0.05) is 57.9 Å². The van der Waals surface area contributed by atoms with Crippen molar-refractivity contribution in [3.63, 3.8) is 0 Å². The van der Waals surface area contributed by atoms with Gasteiger partial charge in [0.15, 0.2) is 9.84 Å². The molecule has 0 saturated heterocycles. The number of rotatable bonds is 17. The van der Waals surface area contributed by atoms with Gasteiger partial charge in [-0.2, -0.15) is 0 Å². The highest BCUT2D eigenvalue weighted by Crippen LogP contribution is 2.17. The molecule has 0 bridgehead atoms. The Bertz CT molecular complexity index is 1070. The third-order valence-corrected chi connectivity index (χ3v) is 8.52. The second kappa shape index (κ2) is 16.1. The molecule has 3 N–H and O–H groups in total. The standard InChI is InChI=1S/C28H42N4O4S/c1-4-10-25(11-5-2)37(35,36)21-26(32-27(33)24-14-8-15-30-20-24)28(34)31-17-9-16-29-19-23-13-7-12-22(6-3)18-23/h7-8,12-15,18,20,25-26,29H,4-6,9-11,16-17,19,21H2,1-3H3,(H,31,34)(H,32,33)/t26-/m1/s1. The molecule has 2 aromatic rings. The summed E-state index contributed by atoms with van der Waals surface area (Å²) in [6, 6.07) is 10.4. The average molecular weight is 531 g/mol. The van der Waals surface area contributed by atoms with E-state index in [1.807, 2.05) is 13.8 Å². The predicted molar refractivity (Wildman–Crippen MR) is 148 cm³/mol. The van der Waals surface area contributed by atoms with Crippen LogP contribution in [0.1, 0.15) is 74.4 Å². The van der Waals surface area contributed by atoms with Crippen LogP contribution < -0.4 is 16.0 Å². The van der Waals surface area contributed by atoms with Crippen molar-refractivity contribution in [3.05, 3.63) is 65.5 Å². The van der Waals surface area contributed by atoms with Gasteiger partial charge in [-0.3, -0.25) is 14.6 Å². The Morgan fingerprint density at radius 1 is 0.973 bits per heavy atom. The molecule has 0 aliphatic heterocycles. The largest absolute Gasteiger partial charge is 0.354 e. The van der Waals surface area contributed by atoms with Crippen LogP contribution in [0.2, 0.25) is 0 Å². The molecule has 37 heavy (non-hydrogen) atoms. The second-order valence-electron chi connectivity index (χ2n) is 9.29. The monoisotopic (exact) mass is 530 g/mol. The first-order valence-electron chi connectivity index (χ1n) is 13.3. The van der Waals surface area contributed by atoms with Crippen LogP contribution in [0.5, 0.6) is 0 Å². The fraction of sp³-hybridized carbons (Fsp3) is 0.536. The molecule has 204 valence electrons. The van der Waals surface area contributed by atoms with Crippen LogP contribution in [0.15, 0.2) is 48.8 Å². The fourth-order valence-corrected chi connectivity index (χ4v) is 6.34. The lowest BCUT2D eigenvalue weighted by Gasteiger charge is -2.22. The minimum atomic E-state index is -3.60. The van der Waals surface area contributed by atoms with Crippen LogP contribution in [0.25, 0.3) is 0 Å². The summed E-state index contributed by atoms with van der Waals surface area (Å²) in [5.74, 6) is -1.45. The number of aromatic nitrogens is 1. The van der Waals surface area contributed by atoms with Crippen LogP contribution >= 0.6 is 0 Å². The average Bonchev–Trinajstić information content (AvgIpc) is 2.90. The molecule has 0 unspecified atom stereocenters. The first-order chi connectivity index (χ1) is 17.8. The zero-order chi connectivity index (χ0) is 27.1. The molecular weight excluding hydrogens is 488 g/mol. The highest BCUT2D eigenvalue weighted by Gasteiger charge is 2.32. The Morgan fingerprint density at radius 3 is 2.35 bits per heavy atom. The van der Waals surface area contributed by atoms with Gasteiger partial charge in [-0.05, 0) is 55.5 Å². The van der Waals surface area contributed by atoms with E-state index in [0.29, 0.717) is 32.4 Å². The van der Waals surface area contributed by atoms with Gasteiger partial charge in [0.2, 0.25) is 5.91 Å². The molecule has 8 nitrogen and oxygen atoms in total. The van der Waals surface area contributed by atoms with Gasteiger partial charge in [0.05, 0.1) is 16.6 Å². The minimum absolute atomic E-state index is 0.271. The minimum Gasteiger partial charge on any atom is -0.354 e. The molecule has 0 spiro atoms. The number of hydrogen-bond acceptors (Lipinski definition) is 6. The topological polar surface area (TPSA) is 117 Å². The van der Waals surface area contributed by atoms with E-state index in [9.17, 15) is 18.0 Å². The Kier molecular flexibility index (Phi) is 13.3. The van der Waals surface area contributed by atoms with Crippen molar-refractivity contribution in [2.24, 2.45) is 0 Å². The van der Waals surface area contributed by atoms with Crippen LogP contribution in [-0.2, 0) is 27.6 Å². The van der Waals surface area contributed by atoms with E-state index in [4.69, 9.17) is 0 Å². The van der Waals surface area contributed by atoms with Gasteiger partial charge in [0, 0.05) is 25.5 Å². The SMILES string of the molecule is CCCC(CCC)S(=O)(=O)C[C@@H](NC(=O)c1cccnc1)C(=O)NCCCNCc1cccc(CC)c1. The third kappa shape index (κ3) is 10.6. The van der Waals surface area contributed by atoms with E-state index in [-0.39, 0.29) is 5.56 Å². The van der Waals surface area contributed by atoms with Crippen molar-refractivity contribution in [1.82, 2.24) is 20.9 Å². The molecule has 1 atom stereocenters. The molecule has 9 heteroatoms. The van der Waals surface area contributed by atoms with Crippen molar-refractivity contribution in [1.29, 1.82) is 0 Å². The van der Waals surface area contributed by atoms with E-state index in [1.165, 1.54) is 17.3 Å². The van der Waals surface area contributed by atoms with Crippen molar-refractivity contribution in [3.8, 4) is 0 Å². The fourth-order valence-electron chi connectivity index (χ4n) is 4.18. The lowest BCUT2D eigenvalue weighted by Crippen LogP contribution is -2.51. The van der Waals surface area contributed by atoms with E-state index < -0.39 is 38.7 Å². The molecule has 1 aromatic heterocycles. The van der Waals surface area contributed by atoms with Crippen LogP contribution in [0, 0.1) is 0 Å². The Hall–Kier alpha value is -2.78. The molecule has 0 aliphatic rings. The molecule has 1 heterocycles. The summed E-state index contributed by atoms with van der Waals surface area (Å²) in [6.45, 7) is 7.81. The lowest BCUT2D eigenvalue weighted by atomic mass is 10.1. The molecule has 0 fully saturated rings. The number of carbonyl (C=O) groups excluding carboxylic acids is 2. The number of benzene rings is 1. The van der Waals surface area contributed by atoms with Crippen LogP contribution in [-0.4, -0.2) is 55.4 Å². The maximum Gasteiger partial charge on any atom is 0.253 e. The maximum absolute atomic E-state index is 13.2. The normalized spacial score (nSPS) is 12.3. The molecule has 0 radical (unpaired) electrons. The summed E-state index contributed by atoms with van der Waals surface area (Å²) in [7, 11) is -3.60. The van der Waals surface area contributed by atoms with Crippen LogP contribution in [0.3, 0.4) is 0 Å². The zero-order valence-corrected chi connectivity index (χ0v) is 23.1. The quantitative estimate of drug-likeness (QED) is 0.270. The van der Waals surface area contributed by atoms with E-state index in [0.717, 1.165) is 25.8 Å². The molecule has 2 amide bonds. The summed E-state index contributed by atoms with van der Waals surface area (Å²) in [5, 5.41) is 8.28. The summed E-state index contributed by atoms with van der Waals surface area (Å²) in [5.41, 5.74) is 2.77. The number of amides is 2. The van der Waals surface area contributed by atoms with Crippen molar-refractivity contribution >= 4 is 21.7 Å². The number of carbonyl (C=O) groups is 2. The predicted octanol–water partition coefficient (Wildman–Crippen LogP) is 3.42. The summed E-state index contributed by atoms with van der Waals surface area (Å²) < 4.78 is 26.4. The second-order valence-corrected chi connectivity index (χ2v) is 11.6. The molecule has 0 saturated carbocycles. The smallest absolute Gasteiger partial charge is 0.253 e. The molecule has 1 aromatic carbocycles. The zero-order valence-electron chi connectivity index (χ0n) is 22.3. The Balaban J connectivity index is 1.96. The van der Waals surface area contributed by atoms with Gasteiger partial charge < -0.3 is 16.0 Å². The van der Waals surface area contributed by atoms with Gasteiger partial charge in [0.25, 0.3) is 5.91 Å². The van der Waals surface area contributed by atoms with Gasteiger partial charge >= 0.3 is 0 Å². The van der Waals surface area contributed by atoms with Crippen molar-refractivity contribution in [2.45, 2.75) is 77.1 Å². The number of nitrogens with zero attached hydrogens (tertiary/aromatic N) is 1. The third-order valence-electron chi connectivity index (χ3n) is 6.23. The van der Waals surface area contributed by atoms with E-state index in [2.05, 4.69) is 52.1 Å².